The summed E-state index contributed by atoms with van der Waals surface area (Å²) in [7, 11) is 1.64. The van der Waals surface area contributed by atoms with Crippen molar-refractivity contribution in [1.82, 2.24) is 4.90 Å². The van der Waals surface area contributed by atoms with Crippen molar-refractivity contribution in [3.05, 3.63) is 58.5 Å². The number of likely N-dealkylation sites (N-methyl/N-ethyl adjacent to an activating group) is 1. The summed E-state index contributed by atoms with van der Waals surface area (Å²) in [6, 6.07) is 11.5. The van der Waals surface area contributed by atoms with Crippen molar-refractivity contribution in [3.63, 3.8) is 0 Å². The number of amidine groups is 1. The Labute approximate surface area is 184 Å². The summed E-state index contributed by atoms with van der Waals surface area (Å²) >= 11 is 1.24. The first-order chi connectivity index (χ1) is 14.9. The highest BCUT2D eigenvalue weighted by atomic mass is 32.2. The first-order valence-electron chi connectivity index (χ1n) is 9.35. The number of nitrogens with zero attached hydrogens (tertiary/aromatic N) is 2. The molecule has 0 bridgehead atoms. The maximum Gasteiger partial charge on any atom is 0.335 e. The number of amides is 1. The molecule has 1 amide bonds. The number of terminal acetylenes is 1. The number of aromatic carboxylic acids is 1. The SMILES string of the molecule is C#CCOc1ccc(C=C2SC(=Nc3ccc(C(=O)O)cc3)N(C)C2=O)cc1OCC. The van der Waals surface area contributed by atoms with E-state index in [1.54, 1.807) is 37.4 Å². The third-order valence-electron chi connectivity index (χ3n) is 4.22. The molecule has 1 aliphatic rings. The number of hydrogen-bond donors (Lipinski definition) is 1. The minimum atomic E-state index is -1.01. The fourth-order valence-electron chi connectivity index (χ4n) is 2.71. The molecule has 3 rings (SSSR count). The predicted octanol–water partition coefficient (Wildman–Crippen LogP) is 4.03. The Morgan fingerprint density at radius 1 is 1.23 bits per heavy atom. The number of rotatable bonds is 7. The van der Waals surface area contributed by atoms with E-state index < -0.39 is 5.97 Å². The monoisotopic (exact) mass is 436 g/mol. The van der Waals surface area contributed by atoms with Gasteiger partial charge in [0.05, 0.1) is 22.8 Å². The molecule has 31 heavy (non-hydrogen) atoms. The molecular formula is C23H20N2O5S. The third-order valence-corrected chi connectivity index (χ3v) is 5.28. The lowest BCUT2D eigenvalue weighted by atomic mass is 10.2. The molecule has 8 heteroatoms. The highest BCUT2D eigenvalue weighted by molar-refractivity contribution is 8.18. The van der Waals surface area contributed by atoms with Gasteiger partial charge in [0.2, 0.25) is 0 Å². The second-order valence-corrected chi connectivity index (χ2v) is 7.36. The Bertz CT molecular complexity index is 1100. The van der Waals surface area contributed by atoms with Crippen LogP contribution < -0.4 is 9.47 Å². The summed E-state index contributed by atoms with van der Waals surface area (Å²) in [6.07, 6.45) is 7.01. The first kappa shape index (κ1) is 22.0. The minimum absolute atomic E-state index is 0.132. The van der Waals surface area contributed by atoms with E-state index in [1.165, 1.54) is 28.8 Å². The largest absolute Gasteiger partial charge is 0.490 e. The second kappa shape index (κ2) is 9.87. The van der Waals surface area contributed by atoms with Gasteiger partial charge in [0.15, 0.2) is 16.7 Å². The Morgan fingerprint density at radius 3 is 2.61 bits per heavy atom. The molecule has 1 aliphatic heterocycles. The van der Waals surface area contributed by atoms with Gasteiger partial charge in [0, 0.05) is 7.05 Å². The number of aliphatic imine (C=N–C) groups is 1. The molecule has 0 aliphatic carbocycles. The zero-order valence-electron chi connectivity index (χ0n) is 17.0. The minimum Gasteiger partial charge on any atom is -0.490 e. The highest BCUT2D eigenvalue weighted by Crippen LogP contribution is 2.35. The van der Waals surface area contributed by atoms with Gasteiger partial charge in [-0.1, -0.05) is 12.0 Å². The van der Waals surface area contributed by atoms with Crippen LogP contribution in [0.1, 0.15) is 22.8 Å². The zero-order valence-corrected chi connectivity index (χ0v) is 17.8. The van der Waals surface area contributed by atoms with Gasteiger partial charge in [-0.3, -0.25) is 9.69 Å². The average Bonchev–Trinajstić information content (AvgIpc) is 3.01. The van der Waals surface area contributed by atoms with Crippen molar-refractivity contribution in [2.24, 2.45) is 4.99 Å². The van der Waals surface area contributed by atoms with E-state index in [-0.39, 0.29) is 18.1 Å². The molecular weight excluding hydrogens is 416 g/mol. The lowest BCUT2D eigenvalue weighted by Crippen LogP contribution is -2.23. The van der Waals surface area contributed by atoms with Crippen LogP contribution >= 0.6 is 11.8 Å². The molecule has 0 atom stereocenters. The van der Waals surface area contributed by atoms with Gasteiger partial charge in [0.1, 0.15) is 6.61 Å². The second-order valence-electron chi connectivity index (χ2n) is 6.35. The Balaban J connectivity index is 1.85. The number of carbonyl (C=O) groups is 2. The smallest absolute Gasteiger partial charge is 0.335 e. The quantitative estimate of drug-likeness (QED) is 0.521. The number of hydrogen-bond acceptors (Lipinski definition) is 6. The number of ether oxygens (including phenoxy) is 2. The Kier molecular flexibility index (Phi) is 7.00. The van der Waals surface area contributed by atoms with Crippen LogP contribution in [-0.4, -0.2) is 47.3 Å². The molecule has 158 valence electrons. The molecule has 1 heterocycles. The lowest BCUT2D eigenvalue weighted by Gasteiger charge is -2.11. The van der Waals surface area contributed by atoms with Crippen LogP contribution in [-0.2, 0) is 4.79 Å². The fraction of sp³-hybridized carbons (Fsp3) is 0.174. The summed E-state index contributed by atoms with van der Waals surface area (Å²) in [6.45, 7) is 2.46. The average molecular weight is 436 g/mol. The van der Waals surface area contributed by atoms with E-state index >= 15 is 0 Å². The molecule has 7 nitrogen and oxygen atoms in total. The number of carboxylic acids is 1. The van der Waals surface area contributed by atoms with Crippen molar-refractivity contribution in [1.29, 1.82) is 0 Å². The zero-order chi connectivity index (χ0) is 22.4. The van der Waals surface area contributed by atoms with Gasteiger partial charge in [-0.05, 0) is 66.7 Å². The van der Waals surface area contributed by atoms with Crippen molar-refractivity contribution in [3.8, 4) is 23.8 Å². The van der Waals surface area contributed by atoms with Crippen LogP contribution in [0.2, 0.25) is 0 Å². The first-order valence-corrected chi connectivity index (χ1v) is 10.2. The number of carboxylic acid groups (broad SMARTS) is 1. The summed E-state index contributed by atoms with van der Waals surface area (Å²) in [5, 5.41) is 9.50. The molecule has 1 N–H and O–H groups in total. The molecule has 2 aromatic carbocycles. The normalized spacial score (nSPS) is 15.9. The van der Waals surface area contributed by atoms with Gasteiger partial charge in [-0.25, -0.2) is 9.79 Å². The van der Waals surface area contributed by atoms with Crippen molar-refractivity contribution in [2.75, 3.05) is 20.3 Å². The highest BCUT2D eigenvalue weighted by Gasteiger charge is 2.30. The molecule has 0 aromatic heterocycles. The van der Waals surface area contributed by atoms with E-state index in [1.807, 2.05) is 13.0 Å². The van der Waals surface area contributed by atoms with E-state index in [4.69, 9.17) is 21.0 Å². The Hall–Kier alpha value is -3.70. The lowest BCUT2D eigenvalue weighted by molar-refractivity contribution is -0.121. The van der Waals surface area contributed by atoms with Gasteiger partial charge in [0.25, 0.3) is 5.91 Å². The summed E-state index contributed by atoms with van der Waals surface area (Å²) in [4.78, 5) is 30.1. The summed E-state index contributed by atoms with van der Waals surface area (Å²) in [5.41, 5.74) is 1.50. The summed E-state index contributed by atoms with van der Waals surface area (Å²) < 4.78 is 11.1. The molecule has 2 aromatic rings. The standard InChI is InChI=1S/C23H20N2O5S/c1-4-12-30-18-11-6-15(13-19(18)29-5-2)14-20-21(26)25(3)23(31-20)24-17-9-7-16(8-10-17)22(27)28/h1,6-11,13-14H,5,12H2,2-3H3,(H,27,28). The van der Waals surface area contributed by atoms with Crippen LogP contribution in [0.5, 0.6) is 11.5 Å². The molecule has 0 unspecified atom stereocenters. The van der Waals surface area contributed by atoms with Crippen molar-refractivity contribution in [2.45, 2.75) is 6.92 Å². The van der Waals surface area contributed by atoms with Gasteiger partial charge in [-0.15, -0.1) is 6.42 Å². The van der Waals surface area contributed by atoms with E-state index in [2.05, 4.69) is 10.9 Å². The molecule has 0 spiro atoms. The van der Waals surface area contributed by atoms with E-state index in [9.17, 15) is 9.59 Å². The van der Waals surface area contributed by atoms with Crippen molar-refractivity contribution < 1.29 is 24.2 Å². The van der Waals surface area contributed by atoms with Crippen LogP contribution in [0.15, 0.2) is 52.4 Å². The van der Waals surface area contributed by atoms with Crippen LogP contribution in [0, 0.1) is 12.3 Å². The number of benzene rings is 2. The maximum atomic E-state index is 12.7. The van der Waals surface area contributed by atoms with Gasteiger partial charge in [-0.2, -0.15) is 0 Å². The number of thioether (sulfide) groups is 1. The van der Waals surface area contributed by atoms with E-state index in [0.29, 0.717) is 33.9 Å². The van der Waals surface area contributed by atoms with Gasteiger partial charge >= 0.3 is 5.97 Å². The van der Waals surface area contributed by atoms with Crippen molar-refractivity contribution >= 4 is 40.6 Å². The Morgan fingerprint density at radius 2 is 1.97 bits per heavy atom. The van der Waals surface area contributed by atoms with E-state index in [0.717, 1.165) is 5.56 Å². The molecule has 1 saturated heterocycles. The fourth-order valence-corrected chi connectivity index (χ4v) is 3.70. The molecule has 0 radical (unpaired) electrons. The molecule has 1 fully saturated rings. The predicted molar refractivity (Wildman–Crippen MR) is 121 cm³/mol. The molecule has 0 saturated carbocycles. The summed E-state index contributed by atoms with van der Waals surface area (Å²) in [5.74, 6) is 2.31. The third kappa shape index (κ3) is 5.27. The maximum absolute atomic E-state index is 12.7. The topological polar surface area (TPSA) is 88.4 Å². The number of carbonyl (C=O) groups excluding carboxylic acids is 1. The van der Waals surface area contributed by atoms with Crippen LogP contribution in [0.25, 0.3) is 6.08 Å². The van der Waals surface area contributed by atoms with Gasteiger partial charge < -0.3 is 14.6 Å². The van der Waals surface area contributed by atoms with Crippen LogP contribution in [0.3, 0.4) is 0 Å². The van der Waals surface area contributed by atoms with Crippen LogP contribution in [0.4, 0.5) is 5.69 Å².